The van der Waals surface area contributed by atoms with E-state index in [9.17, 15) is 9.59 Å². The normalized spacial score (nSPS) is 23.8. The van der Waals surface area contributed by atoms with Crippen LogP contribution in [-0.2, 0) is 4.79 Å². The fraction of sp³-hybridized carbons (Fsp3) is 0.833. The van der Waals surface area contributed by atoms with E-state index in [1.54, 1.807) is 4.90 Å². The monoisotopic (exact) mass is 255 g/mol. The fourth-order valence-corrected chi connectivity index (χ4v) is 2.84. The number of fused-ring (bicyclic) bond motifs is 1. The number of carbonyl (C=O) groups excluding carboxylic acids is 1. The Morgan fingerprint density at radius 3 is 2.78 bits per heavy atom. The summed E-state index contributed by atoms with van der Waals surface area (Å²) in [4.78, 5) is 28.6. The summed E-state index contributed by atoms with van der Waals surface area (Å²) in [5.74, 6) is -0.954. The molecule has 2 fully saturated rings. The fourth-order valence-electron chi connectivity index (χ4n) is 2.84. The summed E-state index contributed by atoms with van der Waals surface area (Å²) in [5.41, 5.74) is 0. The lowest BCUT2D eigenvalue weighted by Gasteiger charge is -2.39. The third kappa shape index (κ3) is 2.75. The molecule has 0 aromatic carbocycles. The number of rotatable bonds is 3. The number of carboxylic acid groups (broad SMARTS) is 1. The number of hydrogen-bond acceptors (Lipinski definition) is 3. The van der Waals surface area contributed by atoms with Gasteiger partial charge >= 0.3 is 12.0 Å². The van der Waals surface area contributed by atoms with Crippen LogP contribution in [0, 0.1) is 0 Å². The van der Waals surface area contributed by atoms with Crippen LogP contribution in [0.5, 0.6) is 0 Å². The molecule has 2 heterocycles. The summed E-state index contributed by atoms with van der Waals surface area (Å²) in [5, 5.41) is 8.79. The van der Waals surface area contributed by atoms with E-state index >= 15 is 0 Å². The molecule has 2 aliphatic heterocycles. The van der Waals surface area contributed by atoms with E-state index in [4.69, 9.17) is 5.11 Å². The lowest BCUT2D eigenvalue weighted by Crippen LogP contribution is -2.55. The summed E-state index contributed by atoms with van der Waals surface area (Å²) in [7, 11) is 0. The molecule has 0 bridgehead atoms. The number of hydrogen-bond donors (Lipinski definition) is 1. The average Bonchev–Trinajstić information content (AvgIpc) is 2.81. The summed E-state index contributed by atoms with van der Waals surface area (Å²) < 4.78 is 0. The first-order chi connectivity index (χ1) is 8.61. The number of carbonyl (C=O) groups is 2. The molecule has 2 aliphatic rings. The third-order valence-electron chi connectivity index (χ3n) is 3.84. The number of piperazine rings is 1. The van der Waals surface area contributed by atoms with E-state index in [1.807, 2.05) is 6.92 Å². The molecule has 0 aromatic rings. The summed E-state index contributed by atoms with van der Waals surface area (Å²) in [6, 6.07) is 0.345. The largest absolute Gasteiger partial charge is 0.480 e. The SMILES string of the molecule is CCN(CC(=O)O)C(=O)N1CCN2CCCC2C1. The Kier molecular flexibility index (Phi) is 4.06. The molecule has 6 heteroatoms. The van der Waals surface area contributed by atoms with Gasteiger partial charge in [-0.15, -0.1) is 0 Å². The molecule has 0 spiro atoms. The molecular formula is C12H21N3O3. The van der Waals surface area contributed by atoms with Gasteiger partial charge in [-0.2, -0.15) is 0 Å². The zero-order chi connectivity index (χ0) is 13.1. The van der Waals surface area contributed by atoms with Crippen LogP contribution in [0.4, 0.5) is 4.79 Å². The van der Waals surface area contributed by atoms with E-state index in [2.05, 4.69) is 4.90 Å². The molecule has 1 unspecified atom stereocenters. The standard InChI is InChI=1S/C12H21N3O3/c1-2-13(9-11(16)17)12(18)15-7-6-14-5-3-4-10(14)8-15/h10H,2-9H2,1H3,(H,16,17). The first kappa shape index (κ1) is 13.1. The van der Waals surface area contributed by atoms with Gasteiger partial charge in [-0.25, -0.2) is 4.79 Å². The highest BCUT2D eigenvalue weighted by Crippen LogP contribution is 2.22. The third-order valence-corrected chi connectivity index (χ3v) is 3.84. The lowest BCUT2D eigenvalue weighted by molar-refractivity contribution is -0.137. The summed E-state index contributed by atoms with van der Waals surface area (Å²) in [6.45, 7) is 5.56. The number of urea groups is 1. The van der Waals surface area contributed by atoms with Crippen molar-refractivity contribution in [3.8, 4) is 0 Å². The minimum Gasteiger partial charge on any atom is -0.480 e. The Morgan fingerprint density at radius 2 is 2.11 bits per heavy atom. The van der Waals surface area contributed by atoms with E-state index in [0.29, 0.717) is 19.1 Å². The number of likely N-dealkylation sites (N-methyl/N-ethyl adjacent to an activating group) is 1. The zero-order valence-electron chi connectivity index (χ0n) is 10.8. The van der Waals surface area contributed by atoms with Gasteiger partial charge in [0.2, 0.25) is 0 Å². The van der Waals surface area contributed by atoms with Crippen molar-refractivity contribution in [1.29, 1.82) is 0 Å². The quantitative estimate of drug-likeness (QED) is 0.787. The Balaban J connectivity index is 1.93. The van der Waals surface area contributed by atoms with Crippen LogP contribution in [0.25, 0.3) is 0 Å². The van der Waals surface area contributed by atoms with Gasteiger partial charge in [-0.05, 0) is 26.3 Å². The van der Waals surface area contributed by atoms with Gasteiger partial charge in [-0.1, -0.05) is 0 Å². The van der Waals surface area contributed by atoms with Crippen molar-refractivity contribution in [2.45, 2.75) is 25.8 Å². The molecule has 0 aliphatic carbocycles. The van der Waals surface area contributed by atoms with Gasteiger partial charge in [0, 0.05) is 32.2 Å². The second-order valence-corrected chi connectivity index (χ2v) is 4.97. The molecule has 6 nitrogen and oxygen atoms in total. The lowest BCUT2D eigenvalue weighted by atomic mass is 10.1. The molecule has 1 N–H and O–H groups in total. The van der Waals surface area contributed by atoms with E-state index < -0.39 is 5.97 Å². The Morgan fingerprint density at radius 1 is 1.33 bits per heavy atom. The summed E-state index contributed by atoms with van der Waals surface area (Å²) >= 11 is 0. The van der Waals surface area contributed by atoms with Crippen LogP contribution >= 0.6 is 0 Å². The highest BCUT2D eigenvalue weighted by Gasteiger charge is 2.33. The van der Waals surface area contributed by atoms with Gasteiger partial charge in [0.25, 0.3) is 0 Å². The first-order valence-electron chi connectivity index (χ1n) is 6.61. The minimum absolute atomic E-state index is 0.133. The Labute approximate surface area is 107 Å². The topological polar surface area (TPSA) is 64.1 Å². The average molecular weight is 255 g/mol. The van der Waals surface area contributed by atoms with E-state index in [0.717, 1.165) is 26.1 Å². The van der Waals surface area contributed by atoms with Crippen molar-refractivity contribution in [2.75, 3.05) is 39.3 Å². The number of amides is 2. The van der Waals surface area contributed by atoms with Crippen LogP contribution in [0.1, 0.15) is 19.8 Å². The van der Waals surface area contributed by atoms with Gasteiger partial charge < -0.3 is 14.9 Å². The molecule has 102 valence electrons. The maximum absolute atomic E-state index is 12.2. The molecule has 2 saturated heterocycles. The van der Waals surface area contributed by atoms with Crippen molar-refractivity contribution in [3.63, 3.8) is 0 Å². The second kappa shape index (κ2) is 5.56. The van der Waals surface area contributed by atoms with Crippen LogP contribution in [0.2, 0.25) is 0 Å². The van der Waals surface area contributed by atoms with Crippen molar-refractivity contribution in [1.82, 2.24) is 14.7 Å². The van der Waals surface area contributed by atoms with Gasteiger partial charge in [0.05, 0.1) is 0 Å². The molecule has 1 atom stereocenters. The molecule has 2 rings (SSSR count). The number of aliphatic carboxylic acids is 1. The zero-order valence-corrected chi connectivity index (χ0v) is 10.8. The van der Waals surface area contributed by atoms with Crippen LogP contribution in [-0.4, -0.2) is 77.1 Å². The smallest absolute Gasteiger partial charge is 0.323 e. The highest BCUT2D eigenvalue weighted by molar-refractivity contribution is 5.80. The van der Waals surface area contributed by atoms with Crippen molar-refractivity contribution in [3.05, 3.63) is 0 Å². The molecule has 0 aromatic heterocycles. The molecule has 2 amide bonds. The predicted octanol–water partition coefficient (Wildman–Crippen LogP) is 0.293. The molecule has 0 saturated carbocycles. The van der Waals surface area contributed by atoms with Crippen LogP contribution in [0.3, 0.4) is 0 Å². The first-order valence-corrected chi connectivity index (χ1v) is 6.61. The van der Waals surface area contributed by atoms with E-state index in [1.165, 1.54) is 11.3 Å². The van der Waals surface area contributed by atoms with E-state index in [-0.39, 0.29) is 12.6 Å². The van der Waals surface area contributed by atoms with Crippen LogP contribution < -0.4 is 0 Å². The molecular weight excluding hydrogens is 234 g/mol. The minimum atomic E-state index is -0.954. The predicted molar refractivity (Wildman–Crippen MR) is 66.4 cm³/mol. The van der Waals surface area contributed by atoms with Crippen molar-refractivity contribution >= 4 is 12.0 Å². The van der Waals surface area contributed by atoms with Crippen molar-refractivity contribution in [2.24, 2.45) is 0 Å². The second-order valence-electron chi connectivity index (χ2n) is 4.97. The Bertz CT molecular complexity index is 335. The van der Waals surface area contributed by atoms with Crippen LogP contribution in [0.15, 0.2) is 0 Å². The molecule has 18 heavy (non-hydrogen) atoms. The highest BCUT2D eigenvalue weighted by atomic mass is 16.4. The molecule has 0 radical (unpaired) electrons. The maximum Gasteiger partial charge on any atom is 0.323 e. The summed E-state index contributed by atoms with van der Waals surface area (Å²) in [6.07, 6.45) is 2.36. The van der Waals surface area contributed by atoms with Gasteiger partial charge in [-0.3, -0.25) is 9.69 Å². The number of carboxylic acids is 1. The van der Waals surface area contributed by atoms with Gasteiger partial charge in [0.15, 0.2) is 0 Å². The number of nitrogens with zero attached hydrogens (tertiary/aromatic N) is 3. The Hall–Kier alpha value is -1.30. The van der Waals surface area contributed by atoms with Crippen molar-refractivity contribution < 1.29 is 14.7 Å². The maximum atomic E-state index is 12.2. The van der Waals surface area contributed by atoms with Gasteiger partial charge in [0.1, 0.15) is 6.54 Å².